The summed E-state index contributed by atoms with van der Waals surface area (Å²) in [5, 5.41) is 22.7. The summed E-state index contributed by atoms with van der Waals surface area (Å²) in [6.45, 7) is 0. The number of anilines is 1. The summed E-state index contributed by atoms with van der Waals surface area (Å²) < 4.78 is 26.2. The number of benzene rings is 3. The van der Waals surface area contributed by atoms with Crippen LogP contribution in [0.4, 0.5) is 10.8 Å². The lowest BCUT2D eigenvalue weighted by Crippen LogP contribution is -2.29. The Morgan fingerprint density at radius 1 is 1.00 bits per heavy atom. The second-order valence-electron chi connectivity index (χ2n) is 8.45. The number of aromatic nitrogens is 1. The Bertz CT molecular complexity index is 1820. The number of hydrogen-bond donors (Lipinski definition) is 1. The SMILES string of the molecule is O=C1C(=O)N(c2ncc(S(=O)(=O)c3ccc([N+](=O)[O-])cc3)s2)[C@H](c2cccc(Cl)c2)C1=C(O)c1ccc(Cl)cc1. The van der Waals surface area contributed by atoms with Crippen molar-refractivity contribution < 1.29 is 28.0 Å². The molecule has 1 saturated heterocycles. The molecule has 2 heterocycles. The first kappa shape index (κ1) is 27.5. The van der Waals surface area contributed by atoms with E-state index < -0.39 is 38.3 Å². The number of thiazole rings is 1. The van der Waals surface area contributed by atoms with Gasteiger partial charge in [-0.05, 0) is 54.1 Å². The zero-order chi connectivity index (χ0) is 28.8. The number of halogens is 2. The number of hydrogen-bond acceptors (Lipinski definition) is 9. The molecule has 1 N–H and O–H groups in total. The summed E-state index contributed by atoms with van der Waals surface area (Å²) in [7, 11) is -4.17. The highest BCUT2D eigenvalue weighted by atomic mass is 35.5. The van der Waals surface area contributed by atoms with Gasteiger partial charge in [0.2, 0.25) is 9.84 Å². The number of nitro benzene ring substituents is 1. The number of carbonyl (C=O) groups is 2. The van der Waals surface area contributed by atoms with Crippen molar-refractivity contribution in [2.24, 2.45) is 0 Å². The van der Waals surface area contributed by atoms with Crippen molar-refractivity contribution in [3.05, 3.63) is 116 Å². The highest BCUT2D eigenvalue weighted by Crippen LogP contribution is 2.44. The third kappa shape index (κ3) is 4.86. The highest BCUT2D eigenvalue weighted by molar-refractivity contribution is 7.93. The fourth-order valence-corrected chi connectivity index (χ4v) is 7.01. The number of nitro groups is 1. The Kier molecular flexibility index (Phi) is 7.19. The first-order valence-electron chi connectivity index (χ1n) is 11.3. The van der Waals surface area contributed by atoms with Gasteiger partial charge in [-0.3, -0.25) is 24.6 Å². The van der Waals surface area contributed by atoms with Crippen molar-refractivity contribution in [2.75, 3.05) is 4.90 Å². The molecule has 5 rings (SSSR count). The quantitative estimate of drug-likeness (QED) is 0.0938. The molecule has 40 heavy (non-hydrogen) atoms. The van der Waals surface area contributed by atoms with Crippen LogP contribution in [0.3, 0.4) is 0 Å². The lowest BCUT2D eigenvalue weighted by atomic mass is 9.95. The van der Waals surface area contributed by atoms with Crippen molar-refractivity contribution in [3.8, 4) is 0 Å². The molecular formula is C26H15Cl2N3O7S2. The van der Waals surface area contributed by atoms with Gasteiger partial charge in [-0.1, -0.05) is 46.7 Å². The average Bonchev–Trinajstić information content (AvgIpc) is 3.52. The zero-order valence-electron chi connectivity index (χ0n) is 19.9. The molecule has 1 amide bonds. The molecule has 1 aliphatic rings. The minimum Gasteiger partial charge on any atom is -0.507 e. The van der Waals surface area contributed by atoms with Gasteiger partial charge in [-0.25, -0.2) is 13.4 Å². The second kappa shape index (κ2) is 10.5. The van der Waals surface area contributed by atoms with E-state index in [9.17, 15) is 33.2 Å². The average molecular weight is 616 g/mol. The van der Waals surface area contributed by atoms with Gasteiger partial charge in [-0.15, -0.1) is 0 Å². The number of amides is 1. The van der Waals surface area contributed by atoms with Crippen LogP contribution in [0, 0.1) is 10.1 Å². The van der Waals surface area contributed by atoms with Crippen molar-refractivity contribution in [1.82, 2.24) is 4.98 Å². The van der Waals surface area contributed by atoms with Crippen molar-refractivity contribution in [1.29, 1.82) is 0 Å². The number of aliphatic hydroxyl groups is 1. The fourth-order valence-electron chi connectivity index (χ4n) is 4.13. The van der Waals surface area contributed by atoms with E-state index in [-0.39, 0.29) is 31.1 Å². The standard InChI is InChI=1S/C26H15Cl2N3O7S2/c27-16-6-4-14(5-7-16)23(32)21-22(15-2-1-3-17(28)12-15)30(25(34)24(21)33)26-29-13-20(39-26)40(37,38)19-10-8-18(9-11-19)31(35)36/h1-13,22,32H/t22-/m1/s1. The van der Waals surface area contributed by atoms with Crippen LogP contribution in [-0.2, 0) is 19.4 Å². The Hall–Kier alpha value is -4.10. The molecule has 3 aromatic carbocycles. The van der Waals surface area contributed by atoms with Gasteiger partial charge in [0.1, 0.15) is 9.97 Å². The lowest BCUT2D eigenvalue weighted by Gasteiger charge is -2.23. The lowest BCUT2D eigenvalue weighted by molar-refractivity contribution is -0.384. The van der Waals surface area contributed by atoms with Crippen LogP contribution in [0.5, 0.6) is 0 Å². The molecule has 10 nitrogen and oxygen atoms in total. The first-order valence-corrected chi connectivity index (χ1v) is 14.3. The van der Waals surface area contributed by atoms with Crippen molar-refractivity contribution in [2.45, 2.75) is 15.1 Å². The number of sulfone groups is 1. The van der Waals surface area contributed by atoms with Crippen LogP contribution in [0.1, 0.15) is 17.2 Å². The Balaban J connectivity index is 1.62. The Morgan fingerprint density at radius 3 is 2.30 bits per heavy atom. The van der Waals surface area contributed by atoms with Crippen molar-refractivity contribution >= 4 is 72.6 Å². The van der Waals surface area contributed by atoms with Gasteiger partial charge >= 0.3 is 5.91 Å². The number of non-ortho nitro benzene ring substituents is 1. The summed E-state index contributed by atoms with van der Waals surface area (Å²) in [5.74, 6) is -2.50. The molecule has 1 atom stereocenters. The van der Waals surface area contributed by atoms with E-state index in [1.807, 2.05) is 0 Å². The maximum absolute atomic E-state index is 13.3. The summed E-state index contributed by atoms with van der Waals surface area (Å²) in [6, 6.07) is 15.4. The molecule has 202 valence electrons. The predicted octanol–water partition coefficient (Wildman–Crippen LogP) is 5.82. The fraction of sp³-hybridized carbons (Fsp3) is 0.0385. The van der Waals surface area contributed by atoms with Crippen molar-refractivity contribution in [3.63, 3.8) is 0 Å². The molecule has 0 bridgehead atoms. The van der Waals surface area contributed by atoms with Crippen LogP contribution in [0.2, 0.25) is 10.0 Å². The van der Waals surface area contributed by atoms with Crippen LogP contribution < -0.4 is 4.90 Å². The van der Waals surface area contributed by atoms with E-state index in [1.54, 1.807) is 18.2 Å². The third-order valence-electron chi connectivity index (χ3n) is 6.03. The molecule has 0 aliphatic carbocycles. The minimum absolute atomic E-state index is 0.122. The second-order valence-corrected chi connectivity index (χ2v) is 12.5. The molecule has 1 aromatic heterocycles. The minimum atomic E-state index is -4.17. The monoisotopic (exact) mass is 615 g/mol. The summed E-state index contributed by atoms with van der Waals surface area (Å²) in [5.41, 5.74) is 0.0751. The molecule has 0 unspecified atom stereocenters. The Labute approximate surface area is 240 Å². The van der Waals surface area contributed by atoms with Gasteiger partial charge in [0.05, 0.1) is 27.6 Å². The number of Topliss-reactive ketones (excluding diaryl/α,β-unsaturated/α-hetero) is 1. The van der Waals surface area contributed by atoms with Gasteiger partial charge in [0.25, 0.3) is 11.5 Å². The van der Waals surface area contributed by atoms with Crippen LogP contribution in [0.25, 0.3) is 5.76 Å². The number of carbonyl (C=O) groups excluding carboxylic acids is 2. The van der Waals surface area contributed by atoms with E-state index >= 15 is 0 Å². The van der Waals surface area contributed by atoms with E-state index in [2.05, 4.69) is 4.98 Å². The van der Waals surface area contributed by atoms with E-state index in [0.29, 0.717) is 26.9 Å². The highest BCUT2D eigenvalue weighted by Gasteiger charge is 2.48. The number of rotatable bonds is 6. The maximum atomic E-state index is 13.3. The van der Waals surface area contributed by atoms with Crippen LogP contribution >= 0.6 is 34.5 Å². The smallest absolute Gasteiger partial charge is 0.301 e. The number of ketones is 1. The largest absolute Gasteiger partial charge is 0.507 e. The van der Waals surface area contributed by atoms with Crippen LogP contribution in [0.15, 0.2) is 93.7 Å². The Morgan fingerprint density at radius 2 is 1.68 bits per heavy atom. The van der Waals surface area contributed by atoms with Gasteiger partial charge < -0.3 is 5.11 Å². The van der Waals surface area contributed by atoms with E-state index in [4.69, 9.17) is 23.2 Å². The predicted molar refractivity (Wildman–Crippen MR) is 148 cm³/mol. The first-order chi connectivity index (χ1) is 19.0. The molecule has 14 heteroatoms. The molecular weight excluding hydrogens is 601 g/mol. The zero-order valence-corrected chi connectivity index (χ0v) is 23.0. The number of nitrogens with zero attached hydrogens (tertiary/aromatic N) is 3. The summed E-state index contributed by atoms with van der Waals surface area (Å²) >= 11 is 12.8. The molecule has 0 spiro atoms. The topological polar surface area (TPSA) is 148 Å². The molecule has 0 saturated carbocycles. The maximum Gasteiger partial charge on any atom is 0.301 e. The van der Waals surface area contributed by atoms with E-state index in [0.717, 1.165) is 35.4 Å². The van der Waals surface area contributed by atoms with Gasteiger partial charge in [0, 0.05) is 27.7 Å². The van der Waals surface area contributed by atoms with Gasteiger partial charge in [-0.2, -0.15) is 0 Å². The van der Waals surface area contributed by atoms with Gasteiger partial charge in [0.15, 0.2) is 5.13 Å². The number of aliphatic hydroxyl groups excluding tert-OH is 1. The van der Waals surface area contributed by atoms with Crippen LogP contribution in [-0.4, -0.2) is 35.1 Å². The molecule has 1 aliphatic heterocycles. The normalized spacial score (nSPS) is 16.9. The molecule has 4 aromatic rings. The summed E-state index contributed by atoms with van der Waals surface area (Å²) in [4.78, 5) is 41.8. The molecule has 0 radical (unpaired) electrons. The summed E-state index contributed by atoms with van der Waals surface area (Å²) in [6.07, 6.45) is 1.03. The molecule has 1 fully saturated rings. The van der Waals surface area contributed by atoms with E-state index in [1.165, 1.54) is 30.3 Å². The third-order valence-corrected chi connectivity index (χ3v) is 9.74.